The zero-order valence-electron chi connectivity index (χ0n) is 10.4. The van der Waals surface area contributed by atoms with Crippen LogP contribution in [-0.2, 0) is 0 Å². The number of hydrogen-bond donors (Lipinski definition) is 1. The van der Waals surface area contributed by atoms with Crippen LogP contribution in [0.5, 0.6) is 0 Å². The molecule has 2 N–H and O–H groups in total. The van der Waals surface area contributed by atoms with Crippen molar-refractivity contribution in [3.8, 4) is 0 Å². The lowest BCUT2D eigenvalue weighted by molar-refractivity contribution is 0.624. The smallest absolute Gasteiger partial charge is 0.123 e. The second kappa shape index (κ2) is 5.09. The third kappa shape index (κ3) is 2.55. The van der Waals surface area contributed by atoms with Crippen LogP contribution < -0.4 is 5.73 Å². The second-order valence-electron chi connectivity index (χ2n) is 4.49. The minimum atomic E-state index is -0.262. The van der Waals surface area contributed by atoms with Gasteiger partial charge in [-0.1, -0.05) is 29.8 Å². The first-order chi connectivity index (χ1) is 8.49. The van der Waals surface area contributed by atoms with Crippen molar-refractivity contribution in [3.05, 3.63) is 69.5 Å². The Morgan fingerprint density at radius 1 is 1.06 bits per heavy atom. The molecule has 94 valence electrons. The molecule has 2 rings (SSSR count). The first-order valence-electron chi connectivity index (χ1n) is 5.76. The maximum absolute atomic E-state index is 13.1. The predicted molar refractivity (Wildman–Crippen MR) is 73.4 cm³/mol. The van der Waals surface area contributed by atoms with Gasteiger partial charge in [0.15, 0.2) is 0 Å². The SMILES string of the molecule is Cc1cc(C(N)c2ccc(F)cc2C)ccc1Cl. The largest absolute Gasteiger partial charge is 0.320 e. The second-order valence-corrected chi connectivity index (χ2v) is 4.89. The Hall–Kier alpha value is -1.38. The molecule has 1 atom stereocenters. The Labute approximate surface area is 111 Å². The molecule has 0 spiro atoms. The van der Waals surface area contributed by atoms with Crippen LogP contribution in [0, 0.1) is 19.7 Å². The number of nitrogens with two attached hydrogens (primary N) is 1. The van der Waals surface area contributed by atoms with E-state index in [1.54, 1.807) is 6.07 Å². The molecular weight excluding hydrogens is 249 g/mol. The quantitative estimate of drug-likeness (QED) is 0.866. The van der Waals surface area contributed by atoms with Crippen LogP contribution >= 0.6 is 11.6 Å². The Morgan fingerprint density at radius 2 is 1.78 bits per heavy atom. The van der Waals surface area contributed by atoms with Gasteiger partial charge in [0, 0.05) is 5.02 Å². The Bertz CT molecular complexity index is 581. The average molecular weight is 264 g/mol. The van der Waals surface area contributed by atoms with Crippen molar-refractivity contribution in [1.82, 2.24) is 0 Å². The lowest BCUT2D eigenvalue weighted by Gasteiger charge is -2.16. The van der Waals surface area contributed by atoms with E-state index < -0.39 is 0 Å². The van der Waals surface area contributed by atoms with Crippen molar-refractivity contribution in [3.63, 3.8) is 0 Å². The molecule has 0 saturated carbocycles. The molecule has 1 nitrogen and oxygen atoms in total. The zero-order chi connectivity index (χ0) is 13.3. The number of halogens is 2. The highest BCUT2D eigenvalue weighted by Crippen LogP contribution is 2.26. The highest BCUT2D eigenvalue weighted by Gasteiger charge is 2.12. The van der Waals surface area contributed by atoms with Gasteiger partial charge in [-0.05, 0) is 54.3 Å². The molecule has 0 saturated heterocycles. The summed E-state index contributed by atoms with van der Waals surface area (Å²) in [6.45, 7) is 3.80. The van der Waals surface area contributed by atoms with Gasteiger partial charge in [-0.15, -0.1) is 0 Å². The van der Waals surface area contributed by atoms with Crippen molar-refractivity contribution < 1.29 is 4.39 Å². The summed E-state index contributed by atoms with van der Waals surface area (Å²) in [5.74, 6) is -0.240. The monoisotopic (exact) mass is 263 g/mol. The van der Waals surface area contributed by atoms with E-state index in [0.29, 0.717) is 0 Å². The van der Waals surface area contributed by atoms with Crippen molar-refractivity contribution in [2.24, 2.45) is 5.73 Å². The fourth-order valence-electron chi connectivity index (χ4n) is 2.03. The van der Waals surface area contributed by atoms with Crippen molar-refractivity contribution in [2.75, 3.05) is 0 Å². The van der Waals surface area contributed by atoms with Crippen LogP contribution in [0.2, 0.25) is 5.02 Å². The first kappa shape index (κ1) is 13.1. The molecule has 1 unspecified atom stereocenters. The highest BCUT2D eigenvalue weighted by atomic mass is 35.5. The van der Waals surface area contributed by atoms with Crippen LogP contribution in [0.25, 0.3) is 0 Å². The third-order valence-corrected chi connectivity index (χ3v) is 3.53. The first-order valence-corrected chi connectivity index (χ1v) is 6.14. The van der Waals surface area contributed by atoms with Gasteiger partial charge < -0.3 is 5.73 Å². The highest BCUT2D eigenvalue weighted by molar-refractivity contribution is 6.31. The van der Waals surface area contributed by atoms with E-state index in [4.69, 9.17) is 17.3 Å². The standard InChI is InChI=1S/C15H15ClFN/c1-9-8-12(17)4-5-13(9)15(18)11-3-6-14(16)10(2)7-11/h3-8,15H,18H2,1-2H3. The van der Waals surface area contributed by atoms with Crippen LogP contribution in [0.4, 0.5) is 4.39 Å². The van der Waals surface area contributed by atoms with Gasteiger partial charge in [0.05, 0.1) is 6.04 Å². The predicted octanol–water partition coefficient (Wildman–Crippen LogP) is 4.14. The molecule has 0 fully saturated rings. The van der Waals surface area contributed by atoms with Gasteiger partial charge in [-0.2, -0.15) is 0 Å². The fraction of sp³-hybridized carbons (Fsp3) is 0.200. The van der Waals surface area contributed by atoms with E-state index in [2.05, 4.69) is 0 Å². The lowest BCUT2D eigenvalue weighted by Crippen LogP contribution is -2.13. The van der Waals surface area contributed by atoms with Gasteiger partial charge in [-0.3, -0.25) is 0 Å². The lowest BCUT2D eigenvalue weighted by atomic mass is 9.95. The summed E-state index contributed by atoms with van der Waals surface area (Å²) < 4.78 is 13.1. The van der Waals surface area contributed by atoms with Gasteiger partial charge >= 0.3 is 0 Å². The van der Waals surface area contributed by atoms with Crippen LogP contribution in [0.1, 0.15) is 28.3 Å². The third-order valence-electron chi connectivity index (χ3n) is 3.11. The molecule has 2 aromatic carbocycles. The Morgan fingerprint density at radius 3 is 2.39 bits per heavy atom. The normalized spacial score (nSPS) is 12.5. The van der Waals surface area contributed by atoms with Gasteiger partial charge in [0.2, 0.25) is 0 Å². The molecule has 0 aromatic heterocycles. The van der Waals surface area contributed by atoms with E-state index >= 15 is 0 Å². The molecule has 3 heteroatoms. The molecule has 2 aromatic rings. The van der Waals surface area contributed by atoms with Gasteiger partial charge in [0.25, 0.3) is 0 Å². The molecule has 0 amide bonds. The molecule has 0 aliphatic carbocycles. The van der Waals surface area contributed by atoms with E-state index in [9.17, 15) is 4.39 Å². The van der Waals surface area contributed by atoms with Crippen molar-refractivity contribution >= 4 is 11.6 Å². The summed E-state index contributed by atoms with van der Waals surface area (Å²) in [6.07, 6.45) is 0. The number of benzene rings is 2. The summed E-state index contributed by atoms with van der Waals surface area (Å²) >= 11 is 5.99. The minimum absolute atomic E-state index is 0.240. The van der Waals surface area contributed by atoms with Crippen LogP contribution in [0.15, 0.2) is 36.4 Å². The minimum Gasteiger partial charge on any atom is -0.320 e. The number of hydrogen-bond acceptors (Lipinski definition) is 1. The Balaban J connectivity index is 2.41. The van der Waals surface area contributed by atoms with E-state index in [0.717, 1.165) is 27.3 Å². The molecule has 0 heterocycles. The summed E-state index contributed by atoms with van der Waals surface area (Å²) in [5.41, 5.74) is 9.97. The van der Waals surface area contributed by atoms with E-state index in [1.807, 2.05) is 32.0 Å². The Kier molecular flexibility index (Phi) is 3.69. The van der Waals surface area contributed by atoms with Gasteiger partial charge in [-0.25, -0.2) is 4.39 Å². The molecule has 18 heavy (non-hydrogen) atoms. The molecular formula is C15H15ClFN. The summed E-state index contributed by atoms with van der Waals surface area (Å²) in [6, 6.07) is 10.1. The average Bonchev–Trinajstić information content (AvgIpc) is 2.32. The summed E-state index contributed by atoms with van der Waals surface area (Å²) in [4.78, 5) is 0. The topological polar surface area (TPSA) is 26.0 Å². The molecule has 0 aliphatic rings. The molecule has 0 bridgehead atoms. The van der Waals surface area contributed by atoms with Gasteiger partial charge in [0.1, 0.15) is 5.82 Å². The number of rotatable bonds is 2. The van der Waals surface area contributed by atoms with Crippen molar-refractivity contribution in [2.45, 2.75) is 19.9 Å². The van der Waals surface area contributed by atoms with E-state index in [1.165, 1.54) is 12.1 Å². The summed E-state index contributed by atoms with van der Waals surface area (Å²) in [5, 5.41) is 0.724. The van der Waals surface area contributed by atoms with E-state index in [-0.39, 0.29) is 11.9 Å². The molecule has 0 aliphatic heterocycles. The maximum Gasteiger partial charge on any atom is 0.123 e. The molecule has 0 radical (unpaired) electrons. The van der Waals surface area contributed by atoms with Crippen LogP contribution in [0.3, 0.4) is 0 Å². The summed E-state index contributed by atoms with van der Waals surface area (Å²) in [7, 11) is 0. The maximum atomic E-state index is 13.1. The van der Waals surface area contributed by atoms with Crippen molar-refractivity contribution in [1.29, 1.82) is 0 Å². The number of aryl methyl sites for hydroxylation is 2. The zero-order valence-corrected chi connectivity index (χ0v) is 11.1. The fourth-order valence-corrected chi connectivity index (χ4v) is 2.15. The van der Waals surface area contributed by atoms with Crippen LogP contribution in [-0.4, -0.2) is 0 Å².